The molecular formula is C25H18BrN3O3S. The third-order valence-electron chi connectivity index (χ3n) is 4.84. The number of benzene rings is 2. The summed E-state index contributed by atoms with van der Waals surface area (Å²) in [6, 6.07) is 19.3. The highest BCUT2D eigenvalue weighted by Gasteiger charge is 2.10. The molecule has 0 saturated carbocycles. The Kier molecular flexibility index (Phi) is 5.93. The van der Waals surface area contributed by atoms with Crippen LogP contribution >= 0.6 is 27.3 Å². The van der Waals surface area contributed by atoms with Gasteiger partial charge in [0.2, 0.25) is 4.96 Å². The molecule has 0 amide bonds. The largest absolute Gasteiger partial charge is 0.494 e. The topological polar surface area (TPSA) is 69.6 Å². The Morgan fingerprint density at radius 2 is 1.85 bits per heavy atom. The lowest BCUT2D eigenvalue weighted by molar-refractivity contribution is 0.340. The van der Waals surface area contributed by atoms with Gasteiger partial charge in [-0.3, -0.25) is 4.79 Å². The molecule has 164 valence electrons. The lowest BCUT2D eigenvalue weighted by Gasteiger charge is -2.01. The lowest BCUT2D eigenvalue weighted by Crippen LogP contribution is -2.23. The van der Waals surface area contributed by atoms with Gasteiger partial charge in [-0.25, -0.2) is 0 Å². The molecule has 0 aliphatic heterocycles. The minimum absolute atomic E-state index is 0.218. The molecule has 0 saturated heterocycles. The van der Waals surface area contributed by atoms with Crippen molar-refractivity contribution in [3.05, 3.63) is 97.2 Å². The van der Waals surface area contributed by atoms with Crippen molar-refractivity contribution in [2.45, 2.75) is 6.92 Å². The van der Waals surface area contributed by atoms with Gasteiger partial charge in [0.15, 0.2) is 5.82 Å². The number of thiazole rings is 1. The van der Waals surface area contributed by atoms with E-state index in [1.54, 1.807) is 12.2 Å². The molecule has 5 aromatic rings. The molecule has 0 aliphatic carbocycles. The molecule has 0 unspecified atom stereocenters. The zero-order valence-corrected chi connectivity index (χ0v) is 20.0. The molecule has 0 fully saturated rings. The molecule has 0 aliphatic rings. The van der Waals surface area contributed by atoms with Gasteiger partial charge in [-0.05, 0) is 55.0 Å². The number of rotatable bonds is 6. The molecule has 3 heterocycles. The average molecular weight is 520 g/mol. The highest BCUT2D eigenvalue weighted by atomic mass is 79.9. The lowest BCUT2D eigenvalue weighted by atomic mass is 10.2. The van der Waals surface area contributed by atoms with Crippen LogP contribution in [-0.4, -0.2) is 21.2 Å². The van der Waals surface area contributed by atoms with E-state index in [1.165, 1.54) is 15.9 Å². The molecule has 6 nitrogen and oxygen atoms in total. The van der Waals surface area contributed by atoms with E-state index in [0.717, 1.165) is 27.1 Å². The first-order valence-electron chi connectivity index (χ1n) is 10.3. The van der Waals surface area contributed by atoms with Crippen molar-refractivity contribution < 1.29 is 9.15 Å². The van der Waals surface area contributed by atoms with Gasteiger partial charge in [0.25, 0.3) is 5.56 Å². The summed E-state index contributed by atoms with van der Waals surface area (Å²) in [5.41, 5.74) is 1.74. The second kappa shape index (κ2) is 9.17. The predicted molar refractivity (Wildman–Crippen MR) is 134 cm³/mol. The van der Waals surface area contributed by atoms with Crippen molar-refractivity contribution in [2.75, 3.05) is 6.61 Å². The van der Waals surface area contributed by atoms with E-state index in [2.05, 4.69) is 26.0 Å². The molecule has 0 bridgehead atoms. The van der Waals surface area contributed by atoms with Crippen LogP contribution in [0.5, 0.6) is 5.75 Å². The van der Waals surface area contributed by atoms with Crippen molar-refractivity contribution >= 4 is 50.5 Å². The molecule has 33 heavy (non-hydrogen) atoms. The summed E-state index contributed by atoms with van der Waals surface area (Å²) in [4.78, 5) is 17.8. The first-order chi connectivity index (χ1) is 16.1. The summed E-state index contributed by atoms with van der Waals surface area (Å²) in [6.45, 7) is 2.58. The smallest absolute Gasteiger partial charge is 0.291 e. The zero-order valence-electron chi connectivity index (χ0n) is 17.6. The maximum atomic E-state index is 12.8. The minimum Gasteiger partial charge on any atom is -0.494 e. The molecule has 2 aromatic carbocycles. The molecule has 0 N–H and O–H groups in total. The van der Waals surface area contributed by atoms with Gasteiger partial charge >= 0.3 is 0 Å². The van der Waals surface area contributed by atoms with Crippen LogP contribution in [0.3, 0.4) is 0 Å². The molecule has 0 spiro atoms. The second-order valence-corrected chi connectivity index (χ2v) is 9.05. The van der Waals surface area contributed by atoms with Crippen molar-refractivity contribution in [3.63, 3.8) is 0 Å². The fourth-order valence-electron chi connectivity index (χ4n) is 3.26. The van der Waals surface area contributed by atoms with Gasteiger partial charge in [0.05, 0.1) is 6.61 Å². The van der Waals surface area contributed by atoms with E-state index in [4.69, 9.17) is 9.15 Å². The average Bonchev–Trinajstić information content (AvgIpc) is 3.52. The summed E-state index contributed by atoms with van der Waals surface area (Å²) in [6.07, 6.45) is 5.41. The Morgan fingerprint density at radius 3 is 2.58 bits per heavy atom. The van der Waals surface area contributed by atoms with Crippen LogP contribution in [0.2, 0.25) is 0 Å². The second-order valence-electron chi connectivity index (χ2n) is 7.12. The Balaban J connectivity index is 1.37. The van der Waals surface area contributed by atoms with E-state index in [1.807, 2.05) is 73.7 Å². The first kappa shape index (κ1) is 21.4. The monoisotopic (exact) mass is 519 g/mol. The van der Waals surface area contributed by atoms with E-state index < -0.39 is 0 Å². The van der Waals surface area contributed by atoms with Crippen LogP contribution in [0.25, 0.3) is 34.5 Å². The highest BCUT2D eigenvalue weighted by molar-refractivity contribution is 9.10. The maximum absolute atomic E-state index is 12.8. The van der Waals surface area contributed by atoms with Crippen molar-refractivity contribution in [2.24, 2.45) is 0 Å². The minimum atomic E-state index is -0.218. The van der Waals surface area contributed by atoms with Gasteiger partial charge < -0.3 is 9.15 Å². The molecule has 3 aromatic heterocycles. The third-order valence-corrected chi connectivity index (χ3v) is 6.33. The molecule has 0 radical (unpaired) electrons. The quantitative estimate of drug-likeness (QED) is 0.304. The standard InChI is InChI=1S/C25H18BrN3O3S/c1-2-31-19-10-3-16(4-11-19)5-14-23-27-25-29(28-23)24(30)22(33-25)15-20-12-13-21(32-20)17-6-8-18(26)9-7-17/h3-15H,2H2,1H3/b14-5+,22-15-. The SMILES string of the molecule is CCOc1ccc(/C=C/c2nc3s/c(=C\c4ccc(-c5ccc(Br)cc5)o4)c(=O)n3n2)cc1. The molecule has 5 rings (SSSR count). The van der Waals surface area contributed by atoms with Crippen molar-refractivity contribution in [1.82, 2.24) is 14.6 Å². The summed E-state index contributed by atoms with van der Waals surface area (Å²) in [7, 11) is 0. The predicted octanol–water partition coefficient (Wildman–Crippen LogP) is 5.29. The number of furan rings is 1. The van der Waals surface area contributed by atoms with Crippen LogP contribution in [0.1, 0.15) is 24.1 Å². The number of hydrogen-bond acceptors (Lipinski definition) is 6. The van der Waals surface area contributed by atoms with Gasteiger partial charge in [0.1, 0.15) is 21.8 Å². The van der Waals surface area contributed by atoms with Gasteiger partial charge in [0, 0.05) is 16.1 Å². The first-order valence-corrected chi connectivity index (χ1v) is 11.9. The van der Waals surface area contributed by atoms with Crippen LogP contribution < -0.4 is 14.8 Å². The summed E-state index contributed by atoms with van der Waals surface area (Å²) >= 11 is 4.71. The Bertz CT molecular complexity index is 1550. The van der Waals surface area contributed by atoms with Crippen molar-refractivity contribution in [3.8, 4) is 17.1 Å². The number of hydrogen-bond donors (Lipinski definition) is 0. The van der Waals surface area contributed by atoms with Crippen LogP contribution in [0.15, 0.2) is 74.3 Å². The van der Waals surface area contributed by atoms with E-state index in [0.29, 0.717) is 27.7 Å². The number of nitrogens with zero attached hydrogens (tertiary/aromatic N) is 3. The summed E-state index contributed by atoms with van der Waals surface area (Å²) < 4.78 is 14.2. The zero-order chi connectivity index (χ0) is 22.8. The Hall–Kier alpha value is -3.49. The molecular weight excluding hydrogens is 502 g/mol. The summed E-state index contributed by atoms with van der Waals surface area (Å²) in [5.74, 6) is 2.65. The van der Waals surface area contributed by atoms with Crippen LogP contribution in [0, 0.1) is 0 Å². The van der Waals surface area contributed by atoms with E-state index in [-0.39, 0.29) is 5.56 Å². The van der Waals surface area contributed by atoms with Crippen LogP contribution in [-0.2, 0) is 0 Å². The number of halogens is 1. The van der Waals surface area contributed by atoms with Gasteiger partial charge in [-0.2, -0.15) is 9.50 Å². The molecule has 8 heteroatoms. The normalized spacial score (nSPS) is 12.2. The van der Waals surface area contributed by atoms with Gasteiger partial charge in [-0.1, -0.05) is 57.6 Å². The fraction of sp³-hybridized carbons (Fsp3) is 0.0800. The number of aromatic nitrogens is 3. The molecule has 0 atom stereocenters. The van der Waals surface area contributed by atoms with E-state index >= 15 is 0 Å². The summed E-state index contributed by atoms with van der Waals surface area (Å²) in [5, 5.41) is 4.33. The Labute approximate surface area is 201 Å². The Morgan fingerprint density at radius 1 is 1.06 bits per heavy atom. The number of ether oxygens (including phenoxy) is 1. The van der Waals surface area contributed by atoms with Crippen LogP contribution in [0.4, 0.5) is 0 Å². The van der Waals surface area contributed by atoms with Gasteiger partial charge in [-0.15, -0.1) is 5.10 Å². The highest BCUT2D eigenvalue weighted by Crippen LogP contribution is 2.24. The maximum Gasteiger partial charge on any atom is 0.291 e. The third kappa shape index (κ3) is 4.67. The fourth-order valence-corrected chi connectivity index (χ4v) is 4.42. The van der Waals surface area contributed by atoms with E-state index in [9.17, 15) is 4.79 Å². The number of fused-ring (bicyclic) bond motifs is 1. The van der Waals surface area contributed by atoms with Crippen molar-refractivity contribution in [1.29, 1.82) is 0 Å².